The molecule has 19 heavy (non-hydrogen) atoms. The third-order valence-electron chi connectivity index (χ3n) is 3.56. The summed E-state index contributed by atoms with van der Waals surface area (Å²) < 4.78 is 11.0. The molecule has 2 aliphatic rings. The minimum atomic E-state index is -0.666. The summed E-state index contributed by atoms with van der Waals surface area (Å²) in [6.07, 6.45) is 2.43. The summed E-state index contributed by atoms with van der Waals surface area (Å²) in [5.74, 6) is -0.951. The van der Waals surface area contributed by atoms with E-state index in [1.165, 1.54) is 4.90 Å². The molecule has 6 heteroatoms. The van der Waals surface area contributed by atoms with Gasteiger partial charge in [0.25, 0.3) is 5.91 Å². The fourth-order valence-corrected chi connectivity index (χ4v) is 2.34. The normalized spacial score (nSPS) is 25.2. The first-order chi connectivity index (χ1) is 9.11. The molecule has 0 bridgehead atoms. The number of Topliss-reactive ketones (excluding diaryl/α,β-unsaturated/α-hetero) is 1. The average Bonchev–Trinajstić information content (AvgIpc) is 2.84. The van der Waals surface area contributed by atoms with Crippen molar-refractivity contribution in [2.75, 3.05) is 26.3 Å². The summed E-state index contributed by atoms with van der Waals surface area (Å²) in [7, 11) is 0. The lowest BCUT2D eigenvalue weighted by atomic mass is 10.0. The van der Waals surface area contributed by atoms with Crippen LogP contribution in [0.3, 0.4) is 0 Å². The van der Waals surface area contributed by atoms with Gasteiger partial charge in [0.2, 0.25) is 5.78 Å². The van der Waals surface area contributed by atoms with Crippen molar-refractivity contribution in [2.24, 2.45) is 5.73 Å². The molecule has 2 atom stereocenters. The van der Waals surface area contributed by atoms with Crippen molar-refractivity contribution in [3.63, 3.8) is 0 Å². The summed E-state index contributed by atoms with van der Waals surface area (Å²) in [5.41, 5.74) is 5.67. The fraction of sp³-hybridized carbons (Fsp3) is 0.846. The van der Waals surface area contributed by atoms with Gasteiger partial charge in [0.15, 0.2) is 0 Å². The molecule has 1 amide bonds. The predicted molar refractivity (Wildman–Crippen MR) is 68.6 cm³/mol. The van der Waals surface area contributed by atoms with Crippen LogP contribution in [-0.4, -0.2) is 61.1 Å². The second kappa shape index (κ2) is 6.45. The summed E-state index contributed by atoms with van der Waals surface area (Å²) in [4.78, 5) is 25.1. The molecule has 2 rings (SSSR count). The monoisotopic (exact) mass is 270 g/mol. The van der Waals surface area contributed by atoms with Gasteiger partial charge >= 0.3 is 0 Å². The zero-order valence-corrected chi connectivity index (χ0v) is 11.3. The molecule has 2 heterocycles. The zero-order valence-electron chi connectivity index (χ0n) is 11.3. The number of rotatable bonds is 6. The number of ether oxygens (including phenoxy) is 2. The number of carbonyl (C=O) groups excluding carboxylic acids is 2. The van der Waals surface area contributed by atoms with Crippen LogP contribution in [0.5, 0.6) is 0 Å². The van der Waals surface area contributed by atoms with Crippen molar-refractivity contribution >= 4 is 11.7 Å². The largest absolute Gasteiger partial charge is 0.379 e. The summed E-state index contributed by atoms with van der Waals surface area (Å²) in [5, 5.41) is 0. The van der Waals surface area contributed by atoms with Crippen molar-refractivity contribution in [1.29, 1.82) is 0 Å². The number of nitrogens with two attached hydrogens (primary N) is 1. The van der Waals surface area contributed by atoms with Gasteiger partial charge in [-0.3, -0.25) is 9.59 Å². The maximum Gasteiger partial charge on any atom is 0.291 e. The van der Waals surface area contributed by atoms with Gasteiger partial charge in [-0.05, 0) is 12.8 Å². The van der Waals surface area contributed by atoms with Crippen LogP contribution in [0.25, 0.3) is 0 Å². The average molecular weight is 270 g/mol. The number of carbonyl (C=O) groups is 2. The smallest absolute Gasteiger partial charge is 0.291 e. The van der Waals surface area contributed by atoms with E-state index in [-0.39, 0.29) is 12.2 Å². The van der Waals surface area contributed by atoms with Crippen molar-refractivity contribution in [1.82, 2.24) is 4.90 Å². The van der Waals surface area contributed by atoms with Gasteiger partial charge in [-0.25, -0.2) is 0 Å². The molecule has 0 aromatic carbocycles. The van der Waals surface area contributed by atoms with Crippen LogP contribution < -0.4 is 5.73 Å². The highest BCUT2D eigenvalue weighted by molar-refractivity contribution is 6.38. The van der Waals surface area contributed by atoms with E-state index >= 15 is 0 Å². The van der Waals surface area contributed by atoms with E-state index < -0.39 is 17.7 Å². The van der Waals surface area contributed by atoms with Gasteiger partial charge in [0, 0.05) is 19.7 Å². The van der Waals surface area contributed by atoms with Crippen LogP contribution in [0.2, 0.25) is 0 Å². The first-order valence-electron chi connectivity index (χ1n) is 6.93. The van der Waals surface area contributed by atoms with Gasteiger partial charge in [-0.2, -0.15) is 0 Å². The molecule has 0 aromatic rings. The zero-order chi connectivity index (χ0) is 13.8. The van der Waals surface area contributed by atoms with E-state index in [1.54, 1.807) is 0 Å². The second-order valence-corrected chi connectivity index (χ2v) is 5.21. The lowest BCUT2D eigenvalue weighted by Gasteiger charge is -2.39. The molecule has 0 aliphatic carbocycles. The molecule has 2 saturated heterocycles. The number of hydrogen-bond donors (Lipinski definition) is 1. The highest BCUT2D eigenvalue weighted by Crippen LogP contribution is 2.18. The number of likely N-dealkylation sites (tertiary alicyclic amines) is 1. The molecule has 2 fully saturated rings. The Balaban J connectivity index is 1.70. The van der Waals surface area contributed by atoms with Crippen molar-refractivity contribution in [3.8, 4) is 0 Å². The van der Waals surface area contributed by atoms with Gasteiger partial charge < -0.3 is 20.1 Å². The Bertz CT molecular complexity index is 336. The third kappa shape index (κ3) is 3.52. The molecule has 0 saturated carbocycles. The molecule has 0 radical (unpaired) electrons. The minimum Gasteiger partial charge on any atom is -0.379 e. The summed E-state index contributed by atoms with van der Waals surface area (Å²) in [6, 6.07) is -0.666. The maximum absolute atomic E-state index is 11.8. The molecule has 0 aromatic heterocycles. The number of hydrogen-bond acceptors (Lipinski definition) is 5. The second-order valence-electron chi connectivity index (χ2n) is 5.21. The highest BCUT2D eigenvalue weighted by atomic mass is 16.6. The lowest BCUT2D eigenvalue weighted by Crippen LogP contribution is -2.59. The Morgan fingerprint density at radius 3 is 2.74 bits per heavy atom. The Hall–Kier alpha value is -0.980. The van der Waals surface area contributed by atoms with Gasteiger partial charge in [0.1, 0.15) is 0 Å². The van der Waals surface area contributed by atoms with Crippen LogP contribution in [0.1, 0.15) is 26.2 Å². The van der Waals surface area contributed by atoms with Crippen LogP contribution in [0.15, 0.2) is 0 Å². The van der Waals surface area contributed by atoms with E-state index in [0.717, 1.165) is 19.4 Å². The number of ketones is 1. The van der Waals surface area contributed by atoms with E-state index in [2.05, 4.69) is 0 Å². The van der Waals surface area contributed by atoms with Crippen LogP contribution in [0.4, 0.5) is 0 Å². The SMILES string of the molecule is CCCC(N)C(=O)C(=O)N1CC(OC2CCOC2)C1. The first kappa shape index (κ1) is 14.4. The Labute approximate surface area is 113 Å². The van der Waals surface area contributed by atoms with E-state index in [1.807, 2.05) is 6.92 Å². The number of nitrogens with zero attached hydrogens (tertiary/aromatic N) is 1. The molecule has 2 aliphatic heterocycles. The van der Waals surface area contributed by atoms with Crippen molar-refractivity contribution < 1.29 is 19.1 Å². The quantitative estimate of drug-likeness (QED) is 0.670. The summed E-state index contributed by atoms with van der Waals surface area (Å²) >= 11 is 0. The molecule has 2 unspecified atom stereocenters. The van der Waals surface area contributed by atoms with Gasteiger partial charge in [-0.1, -0.05) is 13.3 Å². The summed E-state index contributed by atoms with van der Waals surface area (Å²) in [6.45, 7) is 4.28. The third-order valence-corrected chi connectivity index (χ3v) is 3.56. The van der Waals surface area contributed by atoms with Gasteiger partial charge in [0.05, 0.1) is 24.9 Å². The molecule has 108 valence electrons. The lowest BCUT2D eigenvalue weighted by molar-refractivity contribution is -0.157. The van der Waals surface area contributed by atoms with E-state index in [9.17, 15) is 9.59 Å². The first-order valence-corrected chi connectivity index (χ1v) is 6.93. The molecular formula is C13H22N2O4. The van der Waals surface area contributed by atoms with Crippen molar-refractivity contribution in [2.45, 2.75) is 44.4 Å². The Morgan fingerprint density at radius 2 is 2.16 bits per heavy atom. The Kier molecular flexibility index (Phi) is 4.90. The minimum absolute atomic E-state index is 0.0332. The van der Waals surface area contributed by atoms with Crippen LogP contribution in [0, 0.1) is 0 Å². The molecular weight excluding hydrogens is 248 g/mol. The molecule has 6 nitrogen and oxygen atoms in total. The van der Waals surface area contributed by atoms with E-state index in [4.69, 9.17) is 15.2 Å². The molecule has 0 spiro atoms. The topological polar surface area (TPSA) is 81.9 Å². The standard InChI is InChI=1S/C13H22N2O4/c1-2-3-11(14)12(16)13(17)15-6-10(7-15)19-9-4-5-18-8-9/h9-11H,2-8,14H2,1H3. The number of amides is 1. The van der Waals surface area contributed by atoms with Gasteiger partial charge in [-0.15, -0.1) is 0 Å². The highest BCUT2D eigenvalue weighted by Gasteiger charge is 2.37. The Morgan fingerprint density at radius 1 is 1.42 bits per heavy atom. The molecule has 2 N–H and O–H groups in total. The van der Waals surface area contributed by atoms with E-state index in [0.29, 0.717) is 26.1 Å². The van der Waals surface area contributed by atoms with Crippen LogP contribution in [-0.2, 0) is 19.1 Å². The predicted octanol–water partition coefficient (Wildman–Crippen LogP) is -0.301. The fourth-order valence-electron chi connectivity index (χ4n) is 2.34. The van der Waals surface area contributed by atoms with Crippen LogP contribution >= 0.6 is 0 Å². The maximum atomic E-state index is 11.8. The van der Waals surface area contributed by atoms with Crippen molar-refractivity contribution in [3.05, 3.63) is 0 Å².